The van der Waals surface area contributed by atoms with E-state index in [1.54, 1.807) is 20.8 Å². The Kier molecular flexibility index (Phi) is 8.48. The van der Waals surface area contributed by atoms with Crippen molar-refractivity contribution in [1.29, 1.82) is 0 Å². The van der Waals surface area contributed by atoms with Crippen LogP contribution in [-0.2, 0) is 14.3 Å². The van der Waals surface area contributed by atoms with Crippen molar-refractivity contribution in [3.05, 3.63) is 41.6 Å². The van der Waals surface area contributed by atoms with Crippen molar-refractivity contribution in [2.45, 2.75) is 65.8 Å². The fraction of sp³-hybridized carbons (Fsp3) is 0.545. The summed E-state index contributed by atoms with van der Waals surface area (Å²) in [5.74, 6) is -0.149. The first kappa shape index (κ1) is 24.0. The van der Waals surface area contributed by atoms with Gasteiger partial charge in [0, 0.05) is 0 Å². The van der Waals surface area contributed by atoms with Crippen molar-refractivity contribution in [2.24, 2.45) is 5.92 Å². The maximum Gasteiger partial charge on any atom is 0.408 e. The zero-order valence-corrected chi connectivity index (χ0v) is 19.5. The quantitative estimate of drug-likeness (QED) is 0.546. The van der Waals surface area contributed by atoms with Crippen molar-refractivity contribution < 1.29 is 19.1 Å². The number of amides is 1. The highest BCUT2D eigenvalue weighted by molar-refractivity contribution is 6.95. The van der Waals surface area contributed by atoms with Crippen LogP contribution in [0, 0.1) is 5.92 Å². The Morgan fingerprint density at radius 1 is 1.14 bits per heavy atom. The summed E-state index contributed by atoms with van der Waals surface area (Å²) in [6, 6.07) is 9.55. The zero-order valence-electron chi connectivity index (χ0n) is 18.5. The van der Waals surface area contributed by atoms with E-state index in [-0.39, 0.29) is 0 Å². The van der Waals surface area contributed by atoms with Crippen molar-refractivity contribution >= 4 is 25.3 Å². The van der Waals surface area contributed by atoms with Crippen molar-refractivity contribution in [3.63, 3.8) is 0 Å². The molecule has 0 fully saturated rings. The lowest BCUT2D eigenvalue weighted by molar-refractivity contribution is -0.143. The van der Waals surface area contributed by atoms with E-state index in [0.717, 1.165) is 0 Å². The summed E-state index contributed by atoms with van der Waals surface area (Å²) in [6.45, 7) is 14.1. The molecule has 0 heterocycles. The van der Waals surface area contributed by atoms with Crippen molar-refractivity contribution in [1.82, 2.24) is 5.32 Å². The van der Waals surface area contributed by atoms with Gasteiger partial charge in [-0.1, -0.05) is 73.7 Å². The second kappa shape index (κ2) is 9.91. The minimum absolute atomic E-state index is 0.324. The lowest BCUT2D eigenvalue weighted by Crippen LogP contribution is -2.49. The van der Waals surface area contributed by atoms with Crippen molar-refractivity contribution in [2.75, 3.05) is 7.11 Å². The molecule has 0 unspecified atom stereocenters. The van der Waals surface area contributed by atoms with E-state index >= 15 is 0 Å². The summed E-state index contributed by atoms with van der Waals surface area (Å²) >= 11 is 0. The van der Waals surface area contributed by atoms with Gasteiger partial charge in [-0.3, -0.25) is 0 Å². The maximum absolute atomic E-state index is 12.4. The fourth-order valence-electron chi connectivity index (χ4n) is 2.98. The third kappa shape index (κ3) is 7.50. The molecule has 156 valence electrons. The predicted octanol–water partition coefficient (Wildman–Crippen LogP) is 4.18. The summed E-state index contributed by atoms with van der Waals surface area (Å²) in [7, 11) is -0.699. The molecule has 0 saturated carbocycles. The van der Waals surface area contributed by atoms with Gasteiger partial charge in [0.15, 0.2) is 0 Å². The molecule has 1 rings (SSSR count). The van der Waals surface area contributed by atoms with Crippen LogP contribution >= 0.6 is 0 Å². The van der Waals surface area contributed by atoms with Gasteiger partial charge in [0.1, 0.15) is 19.7 Å². The minimum atomic E-state index is -2.03. The highest BCUT2D eigenvalue weighted by atomic mass is 28.3. The van der Waals surface area contributed by atoms with Gasteiger partial charge in [-0.25, -0.2) is 9.59 Å². The molecule has 28 heavy (non-hydrogen) atoms. The molecule has 6 heteroatoms. The highest BCUT2D eigenvalue weighted by Crippen LogP contribution is 2.23. The number of carbonyl (C=O) groups is 2. The fourth-order valence-corrected chi connectivity index (χ4v) is 5.84. The highest BCUT2D eigenvalue weighted by Gasteiger charge is 2.33. The molecule has 1 atom stereocenters. The standard InChI is InChI=1S/C22H35NO4Si/c1-16(2)14-18(28(7,8)17-12-10-9-11-13-17)15-19(20(24)26-6)23-21(25)27-22(3,4)5/h9-14,16,19H,15H2,1-8H3,(H,23,25)/b18-14+/t19-/m0/s1. The van der Waals surface area contributed by atoms with Gasteiger partial charge in [0.25, 0.3) is 0 Å². The van der Waals surface area contributed by atoms with Crippen molar-refractivity contribution in [3.8, 4) is 0 Å². The topological polar surface area (TPSA) is 64.6 Å². The number of hydrogen-bond donors (Lipinski definition) is 1. The van der Waals surface area contributed by atoms with E-state index in [1.165, 1.54) is 17.5 Å². The summed E-state index contributed by atoms with van der Waals surface area (Å²) in [6.07, 6.45) is 2.00. The second-order valence-electron chi connectivity index (χ2n) is 8.85. The van der Waals surface area contributed by atoms with Crippen LogP contribution in [0.3, 0.4) is 0 Å². The zero-order chi connectivity index (χ0) is 21.5. The third-order valence-corrected chi connectivity index (χ3v) is 8.19. The normalized spacial score (nSPS) is 13.8. The van der Waals surface area contributed by atoms with E-state index < -0.39 is 31.8 Å². The Hall–Kier alpha value is -2.08. The number of alkyl carbamates (subject to hydrolysis) is 1. The SMILES string of the molecule is COC(=O)[C@H](C/C(=C\C(C)C)[Si](C)(C)c1ccccc1)NC(=O)OC(C)(C)C. The van der Waals surface area contributed by atoms with Crippen LogP contribution < -0.4 is 10.5 Å². The first-order chi connectivity index (χ1) is 12.9. The molecule has 1 amide bonds. The Balaban J connectivity index is 3.18. The minimum Gasteiger partial charge on any atom is -0.467 e. The molecule has 0 saturated heterocycles. The molecule has 5 nitrogen and oxygen atoms in total. The largest absolute Gasteiger partial charge is 0.467 e. The Morgan fingerprint density at radius 3 is 2.18 bits per heavy atom. The number of hydrogen-bond acceptors (Lipinski definition) is 4. The van der Waals surface area contributed by atoms with Crippen LogP contribution in [0.1, 0.15) is 41.0 Å². The van der Waals surface area contributed by atoms with Crippen LogP contribution in [-0.4, -0.2) is 38.9 Å². The van der Waals surface area contributed by atoms with Gasteiger partial charge in [-0.2, -0.15) is 0 Å². The Morgan fingerprint density at radius 2 is 1.71 bits per heavy atom. The third-order valence-electron chi connectivity index (χ3n) is 4.43. The van der Waals surface area contributed by atoms with E-state index in [1.807, 2.05) is 18.2 Å². The summed E-state index contributed by atoms with van der Waals surface area (Å²) in [5.41, 5.74) is -0.639. The lowest BCUT2D eigenvalue weighted by Gasteiger charge is -2.30. The number of benzene rings is 1. The van der Waals surface area contributed by atoms with Crippen LogP contribution in [0.5, 0.6) is 0 Å². The van der Waals surface area contributed by atoms with Gasteiger partial charge in [-0.15, -0.1) is 0 Å². The van der Waals surface area contributed by atoms with E-state index in [4.69, 9.17) is 9.47 Å². The van der Waals surface area contributed by atoms with E-state index in [2.05, 4.69) is 50.5 Å². The summed E-state index contributed by atoms with van der Waals surface area (Å²) < 4.78 is 10.3. The van der Waals surface area contributed by atoms with E-state index in [0.29, 0.717) is 12.3 Å². The lowest BCUT2D eigenvalue weighted by atomic mass is 10.1. The molecule has 0 bridgehead atoms. The first-order valence-corrected chi connectivity index (χ1v) is 12.7. The summed E-state index contributed by atoms with van der Waals surface area (Å²) in [5, 5.41) is 5.17. The van der Waals surface area contributed by atoms with Gasteiger partial charge < -0.3 is 14.8 Å². The van der Waals surface area contributed by atoms with Gasteiger partial charge in [0.2, 0.25) is 0 Å². The smallest absolute Gasteiger partial charge is 0.408 e. The van der Waals surface area contributed by atoms with E-state index in [9.17, 15) is 9.59 Å². The van der Waals surface area contributed by atoms with Gasteiger partial charge in [0.05, 0.1) is 7.11 Å². The molecule has 0 radical (unpaired) electrons. The Labute approximate surface area is 170 Å². The molecule has 0 aliphatic rings. The monoisotopic (exact) mass is 405 g/mol. The number of methoxy groups -OCH3 is 1. The predicted molar refractivity (Wildman–Crippen MR) is 116 cm³/mol. The molecule has 1 aromatic carbocycles. The number of carbonyl (C=O) groups excluding carboxylic acids is 2. The molecule has 1 N–H and O–H groups in total. The van der Waals surface area contributed by atoms with Gasteiger partial charge >= 0.3 is 12.1 Å². The van der Waals surface area contributed by atoms with Crippen LogP contribution in [0.4, 0.5) is 4.79 Å². The second-order valence-corrected chi connectivity index (χ2v) is 13.3. The molecular weight excluding hydrogens is 370 g/mol. The molecular formula is C22H35NO4Si. The molecule has 1 aromatic rings. The Bertz CT molecular complexity index is 690. The van der Waals surface area contributed by atoms with Crippen LogP contribution in [0.2, 0.25) is 13.1 Å². The number of nitrogens with one attached hydrogen (secondary N) is 1. The number of rotatable bonds is 7. The number of allylic oxidation sites excluding steroid dienone is 1. The molecule has 0 aliphatic heterocycles. The van der Waals surface area contributed by atoms with Gasteiger partial charge in [-0.05, 0) is 33.1 Å². The average Bonchev–Trinajstić information content (AvgIpc) is 2.58. The average molecular weight is 406 g/mol. The molecule has 0 aliphatic carbocycles. The number of esters is 1. The van der Waals surface area contributed by atoms with Crippen LogP contribution in [0.25, 0.3) is 0 Å². The summed E-state index contributed by atoms with van der Waals surface area (Å²) in [4.78, 5) is 24.7. The first-order valence-electron chi connectivity index (χ1n) is 9.71. The molecule has 0 spiro atoms. The maximum atomic E-state index is 12.4. The molecule has 0 aromatic heterocycles. The van der Waals surface area contributed by atoms with Crippen LogP contribution in [0.15, 0.2) is 41.6 Å². The number of ether oxygens (including phenoxy) is 2.